The van der Waals surface area contributed by atoms with E-state index in [0.29, 0.717) is 30.8 Å². The summed E-state index contributed by atoms with van der Waals surface area (Å²) in [6, 6.07) is 6.93. The Hall–Kier alpha value is -2.37. The van der Waals surface area contributed by atoms with Crippen molar-refractivity contribution in [1.82, 2.24) is 10.6 Å². The molecule has 1 aromatic rings. The van der Waals surface area contributed by atoms with Crippen LogP contribution in [0.2, 0.25) is 0 Å². The predicted octanol–water partition coefficient (Wildman–Crippen LogP) is 1.69. The molecule has 0 saturated heterocycles. The number of amides is 2. The first kappa shape index (κ1) is 18.7. The maximum absolute atomic E-state index is 11.6. The summed E-state index contributed by atoms with van der Waals surface area (Å²) in [5.41, 5.74) is 0.636. The van der Waals surface area contributed by atoms with Crippen molar-refractivity contribution < 1.29 is 19.1 Å². The van der Waals surface area contributed by atoms with Crippen LogP contribution in [0, 0.1) is 0 Å². The van der Waals surface area contributed by atoms with Crippen molar-refractivity contribution in [2.45, 2.75) is 39.7 Å². The Morgan fingerprint density at radius 3 is 2.30 bits per heavy atom. The summed E-state index contributed by atoms with van der Waals surface area (Å²) in [6.07, 6.45) is 0.840. The number of carbonyl (C=O) groups excluding carboxylic acids is 3. The third kappa shape index (κ3) is 7.99. The molecule has 6 heteroatoms. The molecule has 6 nitrogen and oxygen atoms in total. The number of Topliss-reactive ketones (excluding diaryl/α,β-unsaturated/α-hetero) is 1. The molecule has 2 N–H and O–H groups in total. The van der Waals surface area contributed by atoms with Crippen LogP contribution in [-0.2, 0) is 9.59 Å². The molecule has 0 unspecified atom stereocenters. The van der Waals surface area contributed by atoms with Gasteiger partial charge in [-0.3, -0.25) is 14.4 Å². The Morgan fingerprint density at radius 2 is 1.74 bits per heavy atom. The van der Waals surface area contributed by atoms with Crippen LogP contribution in [0.4, 0.5) is 0 Å². The van der Waals surface area contributed by atoms with Crippen LogP contribution in [0.25, 0.3) is 0 Å². The first-order valence-electron chi connectivity index (χ1n) is 7.68. The zero-order chi connectivity index (χ0) is 17.2. The second kappa shape index (κ2) is 9.61. The fourth-order valence-corrected chi connectivity index (χ4v) is 1.85. The van der Waals surface area contributed by atoms with Crippen molar-refractivity contribution in [3.05, 3.63) is 29.8 Å². The molecule has 0 spiro atoms. The van der Waals surface area contributed by atoms with Crippen LogP contribution in [-0.4, -0.2) is 36.8 Å². The van der Waals surface area contributed by atoms with Crippen molar-refractivity contribution >= 4 is 17.6 Å². The standard InChI is InChI=1S/C17H24N2O4/c1-12(2)19-17(22)11-18-16(21)5-4-10-23-15-8-6-14(7-9-15)13(3)20/h6-9,12H,4-5,10-11H2,1-3H3,(H,18,21)(H,19,22). The third-order valence-electron chi connectivity index (χ3n) is 2.97. The average molecular weight is 320 g/mol. The normalized spacial score (nSPS) is 10.3. The number of ketones is 1. The summed E-state index contributed by atoms with van der Waals surface area (Å²) >= 11 is 0. The molecule has 0 fully saturated rings. The first-order chi connectivity index (χ1) is 10.9. The summed E-state index contributed by atoms with van der Waals surface area (Å²) in [6.45, 7) is 5.62. The smallest absolute Gasteiger partial charge is 0.239 e. The molecule has 0 aliphatic rings. The van der Waals surface area contributed by atoms with E-state index in [0.717, 1.165) is 0 Å². The molecule has 0 heterocycles. The number of hydrogen-bond acceptors (Lipinski definition) is 4. The van der Waals surface area contributed by atoms with Crippen molar-refractivity contribution in [2.75, 3.05) is 13.2 Å². The molecule has 23 heavy (non-hydrogen) atoms. The molecular weight excluding hydrogens is 296 g/mol. The van der Waals surface area contributed by atoms with Gasteiger partial charge in [-0.15, -0.1) is 0 Å². The summed E-state index contributed by atoms with van der Waals surface area (Å²) in [5, 5.41) is 5.26. The summed E-state index contributed by atoms with van der Waals surface area (Å²) in [5.74, 6) is 0.288. The van der Waals surface area contributed by atoms with E-state index in [-0.39, 0.29) is 30.2 Å². The van der Waals surface area contributed by atoms with E-state index in [1.807, 2.05) is 13.8 Å². The average Bonchev–Trinajstić information content (AvgIpc) is 2.49. The Labute approximate surface area is 136 Å². The van der Waals surface area contributed by atoms with Crippen molar-refractivity contribution in [3.8, 4) is 5.75 Å². The van der Waals surface area contributed by atoms with Crippen molar-refractivity contribution in [2.24, 2.45) is 0 Å². The molecule has 0 radical (unpaired) electrons. The number of benzene rings is 1. The van der Waals surface area contributed by atoms with Crippen molar-refractivity contribution in [3.63, 3.8) is 0 Å². The van der Waals surface area contributed by atoms with Crippen molar-refractivity contribution in [1.29, 1.82) is 0 Å². The molecule has 0 atom stereocenters. The Bertz CT molecular complexity index is 538. The Morgan fingerprint density at radius 1 is 1.09 bits per heavy atom. The van der Waals surface area contributed by atoms with E-state index in [2.05, 4.69) is 10.6 Å². The van der Waals surface area contributed by atoms with Gasteiger partial charge in [-0.25, -0.2) is 0 Å². The quantitative estimate of drug-likeness (QED) is 0.536. The van der Waals surface area contributed by atoms with Gasteiger partial charge in [0.25, 0.3) is 0 Å². The van der Waals surface area contributed by atoms with Crippen LogP contribution >= 0.6 is 0 Å². The number of ether oxygens (including phenoxy) is 1. The lowest BCUT2D eigenvalue weighted by Gasteiger charge is -2.09. The fraction of sp³-hybridized carbons (Fsp3) is 0.471. The predicted molar refractivity (Wildman–Crippen MR) is 87.5 cm³/mol. The van der Waals surface area contributed by atoms with E-state index in [4.69, 9.17) is 4.74 Å². The van der Waals surface area contributed by atoms with E-state index in [1.54, 1.807) is 24.3 Å². The highest BCUT2D eigenvalue weighted by molar-refractivity contribution is 5.94. The van der Waals surface area contributed by atoms with Gasteiger partial charge in [-0.1, -0.05) is 0 Å². The minimum absolute atomic E-state index is 0.00900. The number of nitrogens with one attached hydrogen (secondary N) is 2. The summed E-state index contributed by atoms with van der Waals surface area (Å²) in [7, 11) is 0. The lowest BCUT2D eigenvalue weighted by Crippen LogP contribution is -2.39. The highest BCUT2D eigenvalue weighted by atomic mass is 16.5. The summed E-state index contributed by atoms with van der Waals surface area (Å²) in [4.78, 5) is 34.1. The number of carbonyl (C=O) groups is 3. The lowest BCUT2D eigenvalue weighted by atomic mass is 10.1. The Kier molecular flexibility index (Phi) is 7.80. The molecular formula is C17H24N2O4. The zero-order valence-electron chi connectivity index (χ0n) is 13.8. The molecule has 0 aliphatic carbocycles. The molecule has 0 bridgehead atoms. The van der Waals surface area contributed by atoms with Gasteiger partial charge >= 0.3 is 0 Å². The highest BCUT2D eigenvalue weighted by Gasteiger charge is 2.06. The van der Waals surface area contributed by atoms with E-state index < -0.39 is 0 Å². The van der Waals surface area contributed by atoms with Crippen LogP contribution < -0.4 is 15.4 Å². The van der Waals surface area contributed by atoms with E-state index >= 15 is 0 Å². The molecule has 0 saturated carbocycles. The largest absolute Gasteiger partial charge is 0.494 e. The SMILES string of the molecule is CC(=O)c1ccc(OCCCC(=O)NCC(=O)NC(C)C)cc1. The molecule has 126 valence electrons. The van der Waals surface area contributed by atoms with Gasteiger partial charge < -0.3 is 15.4 Å². The van der Waals surface area contributed by atoms with Crippen LogP contribution in [0.15, 0.2) is 24.3 Å². The van der Waals surface area contributed by atoms with Gasteiger partial charge in [0.1, 0.15) is 5.75 Å². The minimum atomic E-state index is -0.199. The molecule has 0 aliphatic heterocycles. The number of rotatable bonds is 9. The Balaban J connectivity index is 2.17. The zero-order valence-corrected chi connectivity index (χ0v) is 13.8. The third-order valence-corrected chi connectivity index (χ3v) is 2.97. The van der Waals surface area contributed by atoms with Gasteiger partial charge in [0.05, 0.1) is 13.2 Å². The van der Waals surface area contributed by atoms with Gasteiger partial charge in [0.15, 0.2) is 5.78 Å². The van der Waals surface area contributed by atoms with Gasteiger partial charge in [0.2, 0.25) is 11.8 Å². The topological polar surface area (TPSA) is 84.5 Å². The second-order valence-electron chi connectivity index (χ2n) is 5.53. The van der Waals surface area contributed by atoms with Crippen LogP contribution in [0.3, 0.4) is 0 Å². The monoisotopic (exact) mass is 320 g/mol. The maximum Gasteiger partial charge on any atom is 0.239 e. The number of hydrogen-bond donors (Lipinski definition) is 2. The van der Waals surface area contributed by atoms with E-state index in [1.165, 1.54) is 6.92 Å². The van der Waals surface area contributed by atoms with E-state index in [9.17, 15) is 14.4 Å². The minimum Gasteiger partial charge on any atom is -0.494 e. The molecule has 1 rings (SSSR count). The fourth-order valence-electron chi connectivity index (χ4n) is 1.85. The van der Waals surface area contributed by atoms with Gasteiger partial charge in [-0.2, -0.15) is 0 Å². The lowest BCUT2D eigenvalue weighted by molar-refractivity contribution is -0.126. The van der Waals surface area contributed by atoms with Crippen LogP contribution in [0.1, 0.15) is 44.0 Å². The molecule has 1 aromatic carbocycles. The van der Waals surface area contributed by atoms with Gasteiger partial charge in [0, 0.05) is 18.0 Å². The molecule has 0 aromatic heterocycles. The van der Waals surface area contributed by atoms with Crippen LogP contribution in [0.5, 0.6) is 5.75 Å². The second-order valence-corrected chi connectivity index (χ2v) is 5.53. The first-order valence-corrected chi connectivity index (χ1v) is 7.68. The highest BCUT2D eigenvalue weighted by Crippen LogP contribution is 2.12. The summed E-state index contributed by atoms with van der Waals surface area (Å²) < 4.78 is 5.50. The van der Waals surface area contributed by atoms with Gasteiger partial charge in [-0.05, 0) is 51.5 Å². The maximum atomic E-state index is 11.6. The molecule has 2 amide bonds.